The second kappa shape index (κ2) is 9.67. The van der Waals surface area contributed by atoms with Crippen LogP contribution in [-0.4, -0.2) is 38.2 Å². The summed E-state index contributed by atoms with van der Waals surface area (Å²) < 4.78 is 1.83. The number of carbonyl (C=O) groups excluding carboxylic acids is 1. The van der Waals surface area contributed by atoms with Gasteiger partial charge < -0.3 is 0 Å². The summed E-state index contributed by atoms with van der Waals surface area (Å²) in [7, 11) is 0. The molecule has 1 amide bonds. The lowest BCUT2D eigenvalue weighted by Crippen LogP contribution is -2.32. The zero-order valence-corrected chi connectivity index (χ0v) is 19.0. The fraction of sp³-hybridized carbons (Fsp3) is 0.143. The molecule has 0 aliphatic carbocycles. The third kappa shape index (κ3) is 4.57. The molecule has 3 aromatic carbocycles. The number of carbonyl (C=O) groups is 1. The standard InChI is InChI=1S/C28H25N5O/c1-21-29-27(26(23-13-7-3-8-14-23)24-15-9-4-10-16-24)28(34)33(21)18-17-25-20-32(31-30-25)19-22-11-5-2-6-12-22/h2-16,20H,17-19H2,1H3. The third-order valence-electron chi connectivity index (χ3n) is 5.84. The van der Waals surface area contributed by atoms with Crippen LogP contribution in [0.15, 0.2) is 108 Å². The summed E-state index contributed by atoms with van der Waals surface area (Å²) >= 11 is 0. The smallest absolute Gasteiger partial charge is 0.278 e. The topological polar surface area (TPSA) is 63.4 Å². The molecule has 5 rings (SSSR count). The average molecular weight is 448 g/mol. The van der Waals surface area contributed by atoms with E-state index in [1.807, 2.05) is 96.7 Å². The minimum atomic E-state index is -0.0862. The number of amidine groups is 1. The van der Waals surface area contributed by atoms with Crippen molar-refractivity contribution in [2.24, 2.45) is 4.99 Å². The van der Waals surface area contributed by atoms with Crippen LogP contribution in [0.5, 0.6) is 0 Å². The number of rotatable bonds is 7. The van der Waals surface area contributed by atoms with E-state index < -0.39 is 0 Å². The van der Waals surface area contributed by atoms with Gasteiger partial charge in [0.15, 0.2) is 0 Å². The van der Waals surface area contributed by atoms with Crippen LogP contribution in [0.1, 0.15) is 29.3 Å². The van der Waals surface area contributed by atoms with E-state index in [2.05, 4.69) is 22.4 Å². The quantitative estimate of drug-likeness (QED) is 0.389. The highest BCUT2D eigenvalue weighted by Gasteiger charge is 2.31. The largest absolute Gasteiger partial charge is 0.295 e. The molecule has 0 saturated carbocycles. The Hall–Kier alpha value is -4.32. The maximum Gasteiger partial charge on any atom is 0.278 e. The number of aliphatic imine (C=N–C) groups is 1. The van der Waals surface area contributed by atoms with E-state index in [1.54, 1.807) is 4.90 Å². The molecule has 1 aliphatic rings. The van der Waals surface area contributed by atoms with Gasteiger partial charge in [-0.15, -0.1) is 5.10 Å². The summed E-state index contributed by atoms with van der Waals surface area (Å²) in [5.74, 6) is 0.609. The highest BCUT2D eigenvalue weighted by Crippen LogP contribution is 2.31. The molecule has 4 aromatic rings. The Bertz CT molecular complexity index is 1300. The molecular formula is C28H25N5O. The van der Waals surface area contributed by atoms with Crippen LogP contribution < -0.4 is 0 Å². The molecule has 2 heterocycles. The van der Waals surface area contributed by atoms with Crippen LogP contribution in [0.4, 0.5) is 0 Å². The summed E-state index contributed by atoms with van der Waals surface area (Å²) in [6.07, 6.45) is 2.54. The van der Waals surface area contributed by atoms with Gasteiger partial charge in [-0.05, 0) is 23.6 Å². The van der Waals surface area contributed by atoms with Crippen LogP contribution in [0.3, 0.4) is 0 Å². The molecule has 6 heteroatoms. The Labute approximate surface area is 198 Å². The molecule has 0 N–H and O–H groups in total. The minimum absolute atomic E-state index is 0.0862. The predicted octanol–water partition coefficient (Wildman–Crippen LogP) is 4.59. The van der Waals surface area contributed by atoms with Gasteiger partial charge in [-0.1, -0.05) is 96.2 Å². The molecule has 0 radical (unpaired) electrons. The zero-order chi connectivity index (χ0) is 23.3. The Kier molecular flexibility index (Phi) is 6.12. The van der Waals surface area contributed by atoms with Crippen molar-refractivity contribution in [3.05, 3.63) is 125 Å². The number of hydrogen-bond donors (Lipinski definition) is 0. The molecule has 6 nitrogen and oxygen atoms in total. The fourth-order valence-corrected chi connectivity index (χ4v) is 4.15. The van der Waals surface area contributed by atoms with E-state index in [-0.39, 0.29) is 5.91 Å². The number of nitrogens with zero attached hydrogens (tertiary/aromatic N) is 5. The van der Waals surface area contributed by atoms with Gasteiger partial charge in [-0.3, -0.25) is 9.69 Å². The molecule has 1 aliphatic heterocycles. The van der Waals surface area contributed by atoms with E-state index in [0.717, 1.165) is 22.4 Å². The SMILES string of the molecule is CC1=NC(=C(c2ccccc2)c2ccccc2)C(=O)N1CCc1cn(Cc2ccccc2)nn1. The molecule has 34 heavy (non-hydrogen) atoms. The third-order valence-corrected chi connectivity index (χ3v) is 5.84. The van der Waals surface area contributed by atoms with Crippen LogP contribution in [0.25, 0.3) is 5.57 Å². The molecule has 0 atom stereocenters. The first-order chi connectivity index (χ1) is 16.7. The highest BCUT2D eigenvalue weighted by atomic mass is 16.2. The van der Waals surface area contributed by atoms with Crippen molar-refractivity contribution >= 4 is 17.3 Å². The monoisotopic (exact) mass is 447 g/mol. The first-order valence-electron chi connectivity index (χ1n) is 11.3. The lowest BCUT2D eigenvalue weighted by atomic mass is 9.96. The van der Waals surface area contributed by atoms with Crippen molar-refractivity contribution in [3.8, 4) is 0 Å². The molecule has 168 valence electrons. The van der Waals surface area contributed by atoms with Crippen LogP contribution in [-0.2, 0) is 17.8 Å². The van der Waals surface area contributed by atoms with Crippen LogP contribution in [0.2, 0.25) is 0 Å². The van der Waals surface area contributed by atoms with Gasteiger partial charge >= 0.3 is 0 Å². The van der Waals surface area contributed by atoms with Gasteiger partial charge in [0.1, 0.15) is 11.5 Å². The zero-order valence-electron chi connectivity index (χ0n) is 19.0. The van der Waals surface area contributed by atoms with Gasteiger partial charge in [0.25, 0.3) is 5.91 Å². The van der Waals surface area contributed by atoms with Gasteiger partial charge in [0.05, 0.1) is 12.2 Å². The lowest BCUT2D eigenvalue weighted by molar-refractivity contribution is -0.122. The second-order valence-corrected chi connectivity index (χ2v) is 8.21. The first kappa shape index (κ1) is 21.5. The number of benzene rings is 3. The Balaban J connectivity index is 1.36. The van der Waals surface area contributed by atoms with Gasteiger partial charge in [-0.25, -0.2) is 9.67 Å². The average Bonchev–Trinajstić information content (AvgIpc) is 3.43. The van der Waals surface area contributed by atoms with Gasteiger partial charge in [-0.2, -0.15) is 0 Å². The van der Waals surface area contributed by atoms with Crippen LogP contribution >= 0.6 is 0 Å². The summed E-state index contributed by atoms with van der Waals surface area (Å²) in [4.78, 5) is 19.9. The predicted molar refractivity (Wildman–Crippen MR) is 133 cm³/mol. The highest BCUT2D eigenvalue weighted by molar-refractivity contribution is 6.16. The molecular weight excluding hydrogens is 422 g/mol. The number of amides is 1. The van der Waals surface area contributed by atoms with Crippen LogP contribution in [0, 0.1) is 0 Å². The first-order valence-corrected chi connectivity index (χ1v) is 11.3. The summed E-state index contributed by atoms with van der Waals surface area (Å²) in [6, 6.07) is 30.1. The minimum Gasteiger partial charge on any atom is -0.295 e. The number of hydrogen-bond acceptors (Lipinski definition) is 4. The lowest BCUT2D eigenvalue weighted by Gasteiger charge is -2.16. The molecule has 0 saturated heterocycles. The van der Waals surface area contributed by atoms with E-state index in [1.165, 1.54) is 5.56 Å². The second-order valence-electron chi connectivity index (χ2n) is 8.21. The summed E-state index contributed by atoms with van der Waals surface area (Å²) in [5, 5.41) is 8.54. The van der Waals surface area contributed by atoms with E-state index in [4.69, 9.17) is 4.99 Å². The van der Waals surface area contributed by atoms with Gasteiger partial charge in [0.2, 0.25) is 0 Å². The van der Waals surface area contributed by atoms with Crippen molar-refractivity contribution in [2.75, 3.05) is 6.54 Å². The van der Waals surface area contributed by atoms with Gasteiger partial charge in [0, 0.05) is 24.7 Å². The molecule has 0 fully saturated rings. The fourth-order valence-electron chi connectivity index (χ4n) is 4.15. The van der Waals surface area contributed by atoms with Crippen molar-refractivity contribution in [2.45, 2.75) is 19.9 Å². The van der Waals surface area contributed by atoms with Crippen molar-refractivity contribution in [1.29, 1.82) is 0 Å². The Morgan fingerprint density at radius 2 is 1.41 bits per heavy atom. The van der Waals surface area contributed by atoms with Crippen molar-refractivity contribution in [3.63, 3.8) is 0 Å². The maximum absolute atomic E-state index is 13.5. The van der Waals surface area contributed by atoms with E-state index in [0.29, 0.717) is 31.0 Å². The van der Waals surface area contributed by atoms with Crippen molar-refractivity contribution < 1.29 is 4.79 Å². The summed E-state index contributed by atoms with van der Waals surface area (Å²) in [6.45, 7) is 3.05. The maximum atomic E-state index is 13.5. The molecule has 0 spiro atoms. The molecule has 0 bridgehead atoms. The Morgan fingerprint density at radius 1 is 0.824 bits per heavy atom. The normalized spacial score (nSPS) is 13.3. The van der Waals surface area contributed by atoms with E-state index >= 15 is 0 Å². The summed E-state index contributed by atoms with van der Waals surface area (Å²) in [5.41, 5.74) is 5.28. The molecule has 0 unspecified atom stereocenters. The molecule has 1 aromatic heterocycles. The van der Waals surface area contributed by atoms with E-state index in [9.17, 15) is 4.79 Å². The number of aromatic nitrogens is 3. The van der Waals surface area contributed by atoms with Crippen molar-refractivity contribution in [1.82, 2.24) is 19.9 Å². The Morgan fingerprint density at radius 3 is 2.03 bits per heavy atom.